The van der Waals surface area contributed by atoms with Crippen molar-refractivity contribution in [1.82, 2.24) is 4.90 Å². The molecular weight excluding hydrogens is 236 g/mol. The predicted molar refractivity (Wildman–Crippen MR) is 80.0 cm³/mol. The van der Waals surface area contributed by atoms with E-state index in [1.165, 1.54) is 51.7 Å². The third-order valence-electron chi connectivity index (χ3n) is 5.44. The van der Waals surface area contributed by atoms with Gasteiger partial charge in [-0.05, 0) is 55.9 Å². The first-order valence-electron chi connectivity index (χ1n) is 8.12. The molecule has 0 bridgehead atoms. The number of nitrogens with two attached hydrogens (primary N) is 1. The Morgan fingerprint density at radius 3 is 2.79 bits per heavy atom. The molecule has 0 aromatic heterocycles. The van der Waals surface area contributed by atoms with Crippen LogP contribution < -0.4 is 5.73 Å². The topological polar surface area (TPSA) is 49.5 Å². The molecule has 1 aliphatic carbocycles. The normalized spacial score (nSPS) is 36.3. The number of rotatable bonds is 4. The fraction of sp³-hybridized carbons (Fsp3) is 1.00. The quantitative estimate of drug-likeness (QED) is 0.822. The Hall–Kier alpha value is -0.120. The lowest BCUT2D eigenvalue weighted by Crippen LogP contribution is -2.51. The largest absolute Gasteiger partial charge is 0.396 e. The maximum atomic E-state index is 9.10. The summed E-state index contributed by atoms with van der Waals surface area (Å²) in [6.45, 7) is 8.57. The van der Waals surface area contributed by atoms with Crippen LogP contribution in [0.1, 0.15) is 52.4 Å². The summed E-state index contributed by atoms with van der Waals surface area (Å²) < 4.78 is 0. The Kier molecular flexibility index (Phi) is 5.27. The van der Waals surface area contributed by atoms with E-state index in [0.29, 0.717) is 29.9 Å². The third-order valence-corrected chi connectivity index (χ3v) is 5.44. The van der Waals surface area contributed by atoms with E-state index in [-0.39, 0.29) is 0 Å². The van der Waals surface area contributed by atoms with Crippen LogP contribution >= 0.6 is 0 Å². The molecule has 0 amide bonds. The van der Waals surface area contributed by atoms with Crippen molar-refractivity contribution in [2.75, 3.05) is 26.2 Å². The van der Waals surface area contributed by atoms with Gasteiger partial charge in [0.1, 0.15) is 0 Å². The summed E-state index contributed by atoms with van der Waals surface area (Å²) in [5.41, 5.74) is 6.81. The number of hydrogen-bond acceptors (Lipinski definition) is 3. The van der Waals surface area contributed by atoms with Gasteiger partial charge in [0.15, 0.2) is 0 Å². The van der Waals surface area contributed by atoms with E-state index in [1.54, 1.807) is 0 Å². The molecule has 0 spiro atoms. The van der Waals surface area contributed by atoms with Gasteiger partial charge in [-0.2, -0.15) is 0 Å². The zero-order valence-corrected chi connectivity index (χ0v) is 12.8. The van der Waals surface area contributed by atoms with Gasteiger partial charge in [-0.3, -0.25) is 0 Å². The second-order valence-electron chi connectivity index (χ2n) is 7.45. The summed E-state index contributed by atoms with van der Waals surface area (Å²) in [7, 11) is 0. The number of likely N-dealkylation sites (tertiary alicyclic amines) is 1. The van der Waals surface area contributed by atoms with Crippen LogP contribution in [0.4, 0.5) is 0 Å². The van der Waals surface area contributed by atoms with Gasteiger partial charge in [0.05, 0.1) is 0 Å². The zero-order chi connectivity index (χ0) is 13.9. The van der Waals surface area contributed by atoms with Crippen LogP contribution in [0.25, 0.3) is 0 Å². The Morgan fingerprint density at radius 1 is 1.26 bits per heavy atom. The first-order chi connectivity index (χ1) is 9.03. The monoisotopic (exact) mass is 268 g/mol. The van der Waals surface area contributed by atoms with E-state index < -0.39 is 0 Å². The van der Waals surface area contributed by atoms with E-state index in [4.69, 9.17) is 10.8 Å². The van der Waals surface area contributed by atoms with Crippen molar-refractivity contribution in [2.24, 2.45) is 23.0 Å². The molecule has 3 heteroatoms. The van der Waals surface area contributed by atoms with Crippen molar-refractivity contribution in [1.29, 1.82) is 0 Å². The molecule has 3 unspecified atom stereocenters. The fourth-order valence-electron chi connectivity index (χ4n) is 4.08. The highest BCUT2D eigenvalue weighted by Crippen LogP contribution is 2.38. The van der Waals surface area contributed by atoms with Gasteiger partial charge in [-0.15, -0.1) is 0 Å². The van der Waals surface area contributed by atoms with Crippen molar-refractivity contribution in [3.8, 4) is 0 Å². The molecule has 2 aliphatic rings. The molecule has 1 aliphatic heterocycles. The minimum absolute atomic E-state index is 0.309. The molecule has 2 rings (SSSR count). The number of piperidine rings is 1. The van der Waals surface area contributed by atoms with E-state index >= 15 is 0 Å². The number of aliphatic hydroxyl groups is 1. The Balaban J connectivity index is 1.86. The average Bonchev–Trinajstić information content (AvgIpc) is 2.36. The molecule has 19 heavy (non-hydrogen) atoms. The molecule has 3 atom stereocenters. The van der Waals surface area contributed by atoms with Gasteiger partial charge in [-0.1, -0.05) is 20.3 Å². The Bertz CT molecular complexity index is 278. The van der Waals surface area contributed by atoms with Gasteiger partial charge >= 0.3 is 0 Å². The summed E-state index contributed by atoms with van der Waals surface area (Å²) in [6, 6.07) is 0.347. The van der Waals surface area contributed by atoms with Crippen LogP contribution in [-0.4, -0.2) is 42.3 Å². The molecule has 1 saturated heterocycles. The number of aliphatic hydroxyl groups excluding tert-OH is 1. The van der Waals surface area contributed by atoms with Crippen molar-refractivity contribution >= 4 is 0 Å². The van der Waals surface area contributed by atoms with Gasteiger partial charge in [0.25, 0.3) is 0 Å². The highest BCUT2D eigenvalue weighted by atomic mass is 16.3. The molecule has 3 nitrogen and oxygen atoms in total. The first-order valence-corrected chi connectivity index (χ1v) is 8.12. The molecule has 2 fully saturated rings. The highest BCUT2D eigenvalue weighted by Gasteiger charge is 2.37. The van der Waals surface area contributed by atoms with E-state index in [9.17, 15) is 0 Å². The summed E-state index contributed by atoms with van der Waals surface area (Å²) in [4.78, 5) is 2.61. The van der Waals surface area contributed by atoms with Crippen LogP contribution in [0, 0.1) is 17.3 Å². The van der Waals surface area contributed by atoms with Crippen LogP contribution in [-0.2, 0) is 0 Å². The Morgan fingerprint density at radius 2 is 2.05 bits per heavy atom. The van der Waals surface area contributed by atoms with Gasteiger partial charge in [-0.25, -0.2) is 0 Å². The molecule has 0 aromatic carbocycles. The van der Waals surface area contributed by atoms with Crippen LogP contribution in [0.15, 0.2) is 0 Å². The smallest absolute Gasteiger partial charge is 0.0434 e. The summed E-state index contributed by atoms with van der Waals surface area (Å²) in [6.07, 6.45) is 7.46. The molecule has 3 N–H and O–H groups in total. The first kappa shape index (κ1) is 15.3. The minimum Gasteiger partial charge on any atom is -0.396 e. The second-order valence-corrected chi connectivity index (χ2v) is 7.45. The molecule has 1 saturated carbocycles. The molecule has 1 heterocycles. The van der Waals surface area contributed by atoms with Crippen LogP contribution in [0.5, 0.6) is 0 Å². The fourth-order valence-corrected chi connectivity index (χ4v) is 4.08. The minimum atomic E-state index is 0.309. The number of hydrogen-bond donors (Lipinski definition) is 2. The van der Waals surface area contributed by atoms with Crippen LogP contribution in [0.3, 0.4) is 0 Å². The maximum absolute atomic E-state index is 9.10. The molecule has 0 aromatic rings. The SMILES string of the molecule is CC1(C)CCCC(CN2CCCC(CCO)C2)C1N. The van der Waals surface area contributed by atoms with E-state index in [1.807, 2.05) is 0 Å². The molecule has 0 radical (unpaired) electrons. The standard InChI is InChI=1S/C16H32N2O/c1-16(2)8-3-6-14(15(16)17)12-18-9-4-5-13(11-18)7-10-19/h13-15,19H,3-12,17H2,1-2H3. The van der Waals surface area contributed by atoms with Gasteiger partial charge in [0.2, 0.25) is 0 Å². The highest BCUT2D eigenvalue weighted by molar-refractivity contribution is 4.92. The van der Waals surface area contributed by atoms with E-state index in [0.717, 1.165) is 6.42 Å². The lowest BCUT2D eigenvalue weighted by Gasteiger charge is -2.44. The predicted octanol–water partition coefficient (Wildman–Crippen LogP) is 2.23. The average molecular weight is 268 g/mol. The second kappa shape index (κ2) is 6.55. The maximum Gasteiger partial charge on any atom is 0.0434 e. The zero-order valence-electron chi connectivity index (χ0n) is 12.8. The lowest BCUT2D eigenvalue weighted by molar-refractivity contribution is 0.0767. The summed E-state index contributed by atoms with van der Waals surface area (Å²) >= 11 is 0. The third kappa shape index (κ3) is 3.93. The van der Waals surface area contributed by atoms with Crippen molar-refractivity contribution in [3.05, 3.63) is 0 Å². The van der Waals surface area contributed by atoms with Crippen molar-refractivity contribution < 1.29 is 5.11 Å². The van der Waals surface area contributed by atoms with Crippen LogP contribution in [0.2, 0.25) is 0 Å². The Labute approximate surface area is 118 Å². The van der Waals surface area contributed by atoms with E-state index in [2.05, 4.69) is 18.7 Å². The summed E-state index contributed by atoms with van der Waals surface area (Å²) in [5, 5.41) is 9.10. The number of nitrogens with zero attached hydrogens (tertiary/aromatic N) is 1. The van der Waals surface area contributed by atoms with Gasteiger partial charge < -0.3 is 15.7 Å². The molecule has 112 valence electrons. The van der Waals surface area contributed by atoms with Gasteiger partial charge in [0, 0.05) is 25.7 Å². The van der Waals surface area contributed by atoms with Crippen molar-refractivity contribution in [3.63, 3.8) is 0 Å². The lowest BCUT2D eigenvalue weighted by atomic mass is 9.68. The summed E-state index contributed by atoms with van der Waals surface area (Å²) in [5.74, 6) is 1.36. The molecular formula is C16H32N2O. The van der Waals surface area contributed by atoms with Crippen molar-refractivity contribution in [2.45, 2.75) is 58.4 Å².